The molecule has 25 heavy (non-hydrogen) atoms. The van der Waals surface area contributed by atoms with Crippen LogP contribution in [-0.2, 0) is 6.42 Å². The van der Waals surface area contributed by atoms with E-state index in [0.29, 0.717) is 18.7 Å². The van der Waals surface area contributed by atoms with Gasteiger partial charge in [0.25, 0.3) is 5.91 Å². The maximum absolute atomic E-state index is 12.0. The van der Waals surface area contributed by atoms with Crippen molar-refractivity contribution in [1.82, 2.24) is 16.0 Å². The van der Waals surface area contributed by atoms with Crippen LogP contribution in [-0.4, -0.2) is 38.0 Å². The summed E-state index contributed by atoms with van der Waals surface area (Å²) in [5.41, 5.74) is 1.95. The maximum atomic E-state index is 12.0. The minimum Gasteiger partial charge on any atom is -0.357 e. The Kier molecular flexibility index (Phi) is 8.05. The Labute approximate surface area is 149 Å². The lowest BCUT2D eigenvalue weighted by molar-refractivity contribution is 0.0954. The minimum atomic E-state index is -0.0617. The molecule has 0 bridgehead atoms. The van der Waals surface area contributed by atoms with Gasteiger partial charge in [-0.05, 0) is 31.0 Å². The topological polar surface area (TPSA) is 65.5 Å². The molecule has 2 rings (SSSR count). The van der Waals surface area contributed by atoms with Crippen LogP contribution in [0, 0.1) is 0 Å². The summed E-state index contributed by atoms with van der Waals surface area (Å²) in [5.74, 6) is 0.709. The Bertz CT molecular complexity index is 656. The van der Waals surface area contributed by atoms with Crippen molar-refractivity contribution < 1.29 is 4.79 Å². The molecule has 0 aliphatic carbocycles. The second-order valence-corrected chi connectivity index (χ2v) is 5.54. The summed E-state index contributed by atoms with van der Waals surface area (Å²) in [5, 5.41) is 9.35. The zero-order valence-electron chi connectivity index (χ0n) is 14.7. The molecule has 5 nitrogen and oxygen atoms in total. The van der Waals surface area contributed by atoms with Gasteiger partial charge in [0.15, 0.2) is 5.96 Å². The Morgan fingerprint density at radius 1 is 0.880 bits per heavy atom. The summed E-state index contributed by atoms with van der Waals surface area (Å²) in [6, 6.07) is 19.5. The van der Waals surface area contributed by atoms with E-state index in [1.165, 1.54) is 5.56 Å². The second kappa shape index (κ2) is 10.9. The van der Waals surface area contributed by atoms with Crippen LogP contribution in [0.3, 0.4) is 0 Å². The van der Waals surface area contributed by atoms with Gasteiger partial charge in [-0.15, -0.1) is 0 Å². The molecule has 0 aromatic heterocycles. The Balaban J connectivity index is 1.71. The highest BCUT2D eigenvalue weighted by atomic mass is 16.1. The quantitative estimate of drug-likeness (QED) is 0.393. The molecule has 0 radical (unpaired) electrons. The van der Waals surface area contributed by atoms with E-state index in [9.17, 15) is 4.79 Å². The highest BCUT2D eigenvalue weighted by Crippen LogP contribution is 1.99. The van der Waals surface area contributed by atoms with Crippen molar-refractivity contribution in [3.63, 3.8) is 0 Å². The van der Waals surface area contributed by atoms with Gasteiger partial charge in [0.05, 0.1) is 0 Å². The molecule has 0 heterocycles. The third-order valence-corrected chi connectivity index (χ3v) is 3.60. The fourth-order valence-electron chi connectivity index (χ4n) is 2.33. The summed E-state index contributed by atoms with van der Waals surface area (Å²) in [6.45, 7) is 4.71. The lowest BCUT2D eigenvalue weighted by Crippen LogP contribution is -2.41. The van der Waals surface area contributed by atoms with Gasteiger partial charge in [-0.3, -0.25) is 9.79 Å². The number of carbonyl (C=O) groups excluding carboxylic acids is 1. The van der Waals surface area contributed by atoms with E-state index in [1.54, 1.807) is 12.1 Å². The molecule has 0 atom stereocenters. The Morgan fingerprint density at radius 2 is 1.52 bits per heavy atom. The number of amides is 1. The first-order valence-electron chi connectivity index (χ1n) is 8.69. The van der Waals surface area contributed by atoms with Crippen LogP contribution in [0.15, 0.2) is 65.7 Å². The fourth-order valence-corrected chi connectivity index (χ4v) is 2.33. The summed E-state index contributed by atoms with van der Waals surface area (Å²) >= 11 is 0. The predicted octanol–water partition coefficient (Wildman–Crippen LogP) is 2.21. The number of carbonyl (C=O) groups is 1. The van der Waals surface area contributed by atoms with Crippen molar-refractivity contribution in [3.8, 4) is 0 Å². The molecule has 0 saturated heterocycles. The summed E-state index contributed by atoms with van der Waals surface area (Å²) in [6.07, 6.45) is 0.905. The molecule has 2 aromatic carbocycles. The molecule has 0 spiro atoms. The van der Waals surface area contributed by atoms with Gasteiger partial charge in [0, 0.05) is 31.7 Å². The first-order chi connectivity index (χ1) is 12.3. The van der Waals surface area contributed by atoms with Crippen molar-refractivity contribution in [2.24, 2.45) is 4.99 Å². The smallest absolute Gasteiger partial charge is 0.251 e. The molecule has 0 aliphatic rings. The fraction of sp³-hybridized carbons (Fsp3) is 0.300. The average molecular weight is 338 g/mol. The third-order valence-electron chi connectivity index (χ3n) is 3.60. The van der Waals surface area contributed by atoms with Crippen molar-refractivity contribution in [2.45, 2.75) is 13.3 Å². The molecule has 2 aromatic rings. The zero-order chi connectivity index (χ0) is 17.7. The van der Waals surface area contributed by atoms with Gasteiger partial charge < -0.3 is 16.0 Å². The van der Waals surface area contributed by atoms with Gasteiger partial charge in [-0.2, -0.15) is 0 Å². The molecular formula is C20H26N4O. The molecule has 0 unspecified atom stereocenters. The van der Waals surface area contributed by atoms with Crippen LogP contribution in [0.5, 0.6) is 0 Å². The third kappa shape index (κ3) is 7.08. The standard InChI is InChI=1S/C20H26N4O/c1-2-21-20(23-14-13-17-9-5-3-6-10-17)24-16-15-22-19(25)18-11-7-4-8-12-18/h3-12H,2,13-16H2,1H3,(H,22,25)(H2,21,23,24). The summed E-state index contributed by atoms with van der Waals surface area (Å²) in [4.78, 5) is 16.5. The molecule has 132 valence electrons. The Hall–Kier alpha value is -2.82. The molecule has 0 aliphatic heterocycles. The van der Waals surface area contributed by atoms with Crippen molar-refractivity contribution in [2.75, 3.05) is 26.2 Å². The van der Waals surface area contributed by atoms with E-state index in [2.05, 4.69) is 33.1 Å². The monoisotopic (exact) mass is 338 g/mol. The van der Waals surface area contributed by atoms with Gasteiger partial charge in [-0.25, -0.2) is 0 Å². The van der Waals surface area contributed by atoms with E-state index in [-0.39, 0.29) is 5.91 Å². The van der Waals surface area contributed by atoms with Gasteiger partial charge in [-0.1, -0.05) is 48.5 Å². The summed E-state index contributed by atoms with van der Waals surface area (Å²) < 4.78 is 0. The van der Waals surface area contributed by atoms with E-state index in [1.807, 2.05) is 43.3 Å². The number of benzene rings is 2. The largest absolute Gasteiger partial charge is 0.357 e. The van der Waals surface area contributed by atoms with Crippen molar-refractivity contribution in [3.05, 3.63) is 71.8 Å². The number of hydrogen-bond acceptors (Lipinski definition) is 2. The molecule has 1 amide bonds. The van der Waals surface area contributed by atoms with E-state index in [0.717, 1.165) is 25.5 Å². The summed E-state index contributed by atoms with van der Waals surface area (Å²) in [7, 11) is 0. The van der Waals surface area contributed by atoms with Gasteiger partial charge >= 0.3 is 0 Å². The molecular weight excluding hydrogens is 312 g/mol. The first kappa shape index (κ1) is 18.5. The lowest BCUT2D eigenvalue weighted by atomic mass is 10.2. The van der Waals surface area contributed by atoms with Crippen molar-refractivity contribution in [1.29, 1.82) is 0 Å². The molecule has 0 fully saturated rings. The van der Waals surface area contributed by atoms with Crippen LogP contribution in [0.25, 0.3) is 0 Å². The zero-order valence-corrected chi connectivity index (χ0v) is 14.7. The van der Waals surface area contributed by atoms with E-state index < -0.39 is 0 Å². The van der Waals surface area contributed by atoms with Crippen LogP contribution in [0.4, 0.5) is 0 Å². The number of guanidine groups is 1. The van der Waals surface area contributed by atoms with Gasteiger partial charge in [0.1, 0.15) is 0 Å². The number of nitrogens with zero attached hydrogens (tertiary/aromatic N) is 1. The number of hydrogen-bond donors (Lipinski definition) is 3. The average Bonchev–Trinajstić information content (AvgIpc) is 2.66. The minimum absolute atomic E-state index is 0.0617. The number of aliphatic imine (C=N–C) groups is 1. The molecule has 0 saturated carbocycles. The maximum Gasteiger partial charge on any atom is 0.251 e. The molecule has 5 heteroatoms. The van der Waals surface area contributed by atoms with Crippen LogP contribution < -0.4 is 16.0 Å². The number of nitrogens with one attached hydrogen (secondary N) is 3. The van der Waals surface area contributed by atoms with Gasteiger partial charge in [0.2, 0.25) is 0 Å². The van der Waals surface area contributed by atoms with Crippen LogP contribution >= 0.6 is 0 Å². The lowest BCUT2D eigenvalue weighted by Gasteiger charge is -2.12. The normalized spacial score (nSPS) is 11.0. The van der Waals surface area contributed by atoms with Crippen LogP contribution in [0.1, 0.15) is 22.8 Å². The predicted molar refractivity (Wildman–Crippen MR) is 103 cm³/mol. The Morgan fingerprint density at radius 3 is 2.20 bits per heavy atom. The second-order valence-electron chi connectivity index (χ2n) is 5.54. The molecule has 3 N–H and O–H groups in total. The van der Waals surface area contributed by atoms with E-state index in [4.69, 9.17) is 0 Å². The highest BCUT2D eigenvalue weighted by Gasteiger charge is 2.03. The van der Waals surface area contributed by atoms with Crippen LogP contribution in [0.2, 0.25) is 0 Å². The first-order valence-corrected chi connectivity index (χ1v) is 8.69. The number of rotatable bonds is 8. The highest BCUT2D eigenvalue weighted by molar-refractivity contribution is 5.94. The van der Waals surface area contributed by atoms with Crippen molar-refractivity contribution >= 4 is 11.9 Å². The SMILES string of the molecule is CCNC(=NCCc1ccccc1)NCCNC(=O)c1ccccc1. The van der Waals surface area contributed by atoms with E-state index >= 15 is 0 Å².